The minimum atomic E-state index is -0.884. The number of carboxylic acids is 1. The molecule has 2 rings (SSSR count). The van der Waals surface area contributed by atoms with Crippen molar-refractivity contribution in [2.45, 2.75) is 23.6 Å². The van der Waals surface area contributed by atoms with Gasteiger partial charge >= 0.3 is 5.97 Å². The Morgan fingerprint density at radius 1 is 1.11 bits per heavy atom. The van der Waals surface area contributed by atoms with Gasteiger partial charge in [-0.05, 0) is 49.7 Å². The molecule has 1 N–H and O–H groups in total. The van der Waals surface area contributed by atoms with Crippen LogP contribution in [0.5, 0.6) is 0 Å². The number of aryl methyl sites for hydroxylation is 2. The van der Waals surface area contributed by atoms with E-state index in [9.17, 15) is 4.79 Å². The van der Waals surface area contributed by atoms with E-state index < -0.39 is 5.97 Å². The third-order valence-electron chi connectivity index (χ3n) is 2.64. The summed E-state index contributed by atoms with van der Waals surface area (Å²) in [5.74, 6) is -0.884. The molecule has 0 bridgehead atoms. The summed E-state index contributed by atoms with van der Waals surface area (Å²) in [7, 11) is 0. The molecule has 2 aromatic rings. The van der Waals surface area contributed by atoms with Gasteiger partial charge in [0.2, 0.25) is 0 Å². The predicted octanol–water partition coefficient (Wildman–Crippen LogP) is 4.15. The molecule has 0 saturated heterocycles. The van der Waals surface area contributed by atoms with Crippen molar-refractivity contribution in [1.29, 1.82) is 0 Å². The SMILES string of the molecule is Cc1cccc(Sc2ccc(C(=O)O)cc2C)c1. The molecule has 0 spiro atoms. The fourth-order valence-electron chi connectivity index (χ4n) is 1.70. The van der Waals surface area contributed by atoms with Crippen LogP contribution in [0.3, 0.4) is 0 Å². The lowest BCUT2D eigenvalue weighted by atomic mass is 10.1. The lowest BCUT2D eigenvalue weighted by Gasteiger charge is -2.07. The first-order valence-corrected chi connectivity index (χ1v) is 6.46. The molecule has 92 valence electrons. The van der Waals surface area contributed by atoms with Crippen molar-refractivity contribution in [3.05, 3.63) is 59.2 Å². The summed E-state index contributed by atoms with van der Waals surface area (Å²) in [6.07, 6.45) is 0. The molecular weight excluding hydrogens is 244 g/mol. The molecule has 0 amide bonds. The van der Waals surface area contributed by atoms with Crippen LogP contribution >= 0.6 is 11.8 Å². The van der Waals surface area contributed by atoms with Crippen molar-refractivity contribution >= 4 is 17.7 Å². The van der Waals surface area contributed by atoms with E-state index in [4.69, 9.17) is 5.11 Å². The molecular formula is C15H14O2S. The highest BCUT2D eigenvalue weighted by Crippen LogP contribution is 2.31. The quantitative estimate of drug-likeness (QED) is 0.898. The Balaban J connectivity index is 2.27. The summed E-state index contributed by atoms with van der Waals surface area (Å²) >= 11 is 1.66. The Morgan fingerprint density at radius 3 is 2.50 bits per heavy atom. The minimum Gasteiger partial charge on any atom is -0.478 e. The summed E-state index contributed by atoms with van der Waals surface area (Å²) in [4.78, 5) is 13.1. The topological polar surface area (TPSA) is 37.3 Å². The number of rotatable bonds is 3. The Labute approximate surface area is 111 Å². The highest BCUT2D eigenvalue weighted by molar-refractivity contribution is 7.99. The second-order valence-corrected chi connectivity index (χ2v) is 5.32. The summed E-state index contributed by atoms with van der Waals surface area (Å²) in [6, 6.07) is 13.5. The maximum Gasteiger partial charge on any atom is 0.335 e. The fraction of sp³-hybridized carbons (Fsp3) is 0.133. The highest BCUT2D eigenvalue weighted by atomic mass is 32.2. The van der Waals surface area contributed by atoms with Crippen LogP contribution in [0, 0.1) is 13.8 Å². The minimum absolute atomic E-state index is 0.334. The standard InChI is InChI=1S/C15H14O2S/c1-10-4-3-5-13(8-10)18-14-7-6-12(15(16)17)9-11(14)2/h3-9H,1-2H3,(H,16,17). The smallest absolute Gasteiger partial charge is 0.335 e. The van der Waals surface area contributed by atoms with E-state index in [-0.39, 0.29) is 0 Å². The van der Waals surface area contributed by atoms with Gasteiger partial charge in [0.15, 0.2) is 0 Å². The lowest BCUT2D eigenvalue weighted by molar-refractivity contribution is 0.0696. The third-order valence-corrected chi connectivity index (χ3v) is 3.81. The van der Waals surface area contributed by atoms with Gasteiger partial charge in [-0.3, -0.25) is 0 Å². The van der Waals surface area contributed by atoms with Crippen molar-refractivity contribution in [2.75, 3.05) is 0 Å². The normalized spacial score (nSPS) is 10.3. The Hall–Kier alpha value is -1.74. The molecule has 0 aliphatic heterocycles. The third kappa shape index (κ3) is 2.93. The van der Waals surface area contributed by atoms with Crippen molar-refractivity contribution in [2.24, 2.45) is 0 Å². The van der Waals surface area contributed by atoms with Crippen LogP contribution in [-0.4, -0.2) is 11.1 Å². The molecule has 0 fully saturated rings. The van der Waals surface area contributed by atoms with Gasteiger partial charge in [-0.2, -0.15) is 0 Å². The summed E-state index contributed by atoms with van der Waals surface area (Å²) in [5.41, 5.74) is 2.54. The molecule has 2 aromatic carbocycles. The van der Waals surface area contributed by atoms with Crippen LogP contribution < -0.4 is 0 Å². The number of hydrogen-bond acceptors (Lipinski definition) is 2. The molecule has 0 aliphatic carbocycles. The Morgan fingerprint density at radius 2 is 1.89 bits per heavy atom. The summed E-state index contributed by atoms with van der Waals surface area (Å²) in [5, 5.41) is 8.92. The van der Waals surface area contributed by atoms with Gasteiger partial charge in [-0.15, -0.1) is 0 Å². The van der Waals surface area contributed by atoms with E-state index in [0.29, 0.717) is 5.56 Å². The van der Waals surface area contributed by atoms with Gasteiger partial charge in [0, 0.05) is 9.79 Å². The number of benzene rings is 2. The summed E-state index contributed by atoms with van der Waals surface area (Å²) in [6.45, 7) is 4.00. The first kappa shape index (κ1) is 12.7. The van der Waals surface area contributed by atoms with Gasteiger partial charge in [0.1, 0.15) is 0 Å². The average Bonchev–Trinajstić information content (AvgIpc) is 2.31. The zero-order valence-electron chi connectivity index (χ0n) is 10.3. The molecule has 18 heavy (non-hydrogen) atoms. The second-order valence-electron chi connectivity index (χ2n) is 4.20. The predicted molar refractivity (Wildman–Crippen MR) is 73.4 cm³/mol. The first-order chi connectivity index (χ1) is 8.56. The van der Waals surface area contributed by atoms with Crippen molar-refractivity contribution < 1.29 is 9.90 Å². The van der Waals surface area contributed by atoms with Gasteiger partial charge in [0.25, 0.3) is 0 Å². The molecule has 2 nitrogen and oxygen atoms in total. The van der Waals surface area contributed by atoms with Crippen molar-refractivity contribution in [1.82, 2.24) is 0 Å². The molecule has 0 atom stereocenters. The van der Waals surface area contributed by atoms with E-state index in [1.54, 1.807) is 23.9 Å². The lowest BCUT2D eigenvalue weighted by Crippen LogP contribution is -1.96. The van der Waals surface area contributed by atoms with Crippen molar-refractivity contribution in [3.63, 3.8) is 0 Å². The summed E-state index contributed by atoms with van der Waals surface area (Å²) < 4.78 is 0. The van der Waals surface area contributed by atoms with Gasteiger partial charge < -0.3 is 5.11 Å². The molecule has 0 heterocycles. The molecule has 0 aromatic heterocycles. The van der Waals surface area contributed by atoms with E-state index in [1.807, 2.05) is 19.1 Å². The van der Waals surface area contributed by atoms with E-state index in [0.717, 1.165) is 10.5 Å². The molecule has 0 unspecified atom stereocenters. The highest BCUT2D eigenvalue weighted by Gasteiger charge is 2.06. The second kappa shape index (κ2) is 5.27. The maximum absolute atomic E-state index is 10.9. The van der Waals surface area contributed by atoms with Crippen LogP contribution in [0.4, 0.5) is 0 Å². The van der Waals surface area contributed by atoms with Crippen LogP contribution in [0.1, 0.15) is 21.5 Å². The zero-order chi connectivity index (χ0) is 13.1. The Bertz CT molecular complexity index is 591. The first-order valence-electron chi connectivity index (χ1n) is 5.65. The van der Waals surface area contributed by atoms with Crippen LogP contribution in [-0.2, 0) is 0 Å². The van der Waals surface area contributed by atoms with Crippen molar-refractivity contribution in [3.8, 4) is 0 Å². The van der Waals surface area contributed by atoms with Crippen LogP contribution in [0.15, 0.2) is 52.3 Å². The van der Waals surface area contributed by atoms with Gasteiger partial charge in [-0.1, -0.05) is 29.5 Å². The molecule has 0 aliphatic rings. The average molecular weight is 258 g/mol. The van der Waals surface area contributed by atoms with E-state index >= 15 is 0 Å². The number of hydrogen-bond donors (Lipinski definition) is 1. The number of aromatic carboxylic acids is 1. The monoisotopic (exact) mass is 258 g/mol. The molecule has 3 heteroatoms. The fourth-order valence-corrected chi connectivity index (χ4v) is 2.70. The number of carbonyl (C=O) groups is 1. The zero-order valence-corrected chi connectivity index (χ0v) is 11.1. The van der Waals surface area contributed by atoms with Crippen LogP contribution in [0.25, 0.3) is 0 Å². The Kier molecular flexibility index (Phi) is 3.72. The van der Waals surface area contributed by atoms with Gasteiger partial charge in [0.05, 0.1) is 5.56 Å². The van der Waals surface area contributed by atoms with E-state index in [2.05, 4.69) is 25.1 Å². The van der Waals surface area contributed by atoms with E-state index in [1.165, 1.54) is 10.5 Å². The number of carboxylic acid groups (broad SMARTS) is 1. The maximum atomic E-state index is 10.9. The largest absolute Gasteiger partial charge is 0.478 e. The molecule has 0 saturated carbocycles. The van der Waals surface area contributed by atoms with Crippen LogP contribution in [0.2, 0.25) is 0 Å². The van der Waals surface area contributed by atoms with Gasteiger partial charge in [-0.25, -0.2) is 4.79 Å². The molecule has 0 radical (unpaired) electrons.